The van der Waals surface area contributed by atoms with Crippen molar-refractivity contribution in [3.05, 3.63) is 77.9 Å². The normalized spacial score (nSPS) is 10.8. The molecular formula is C22H18FN5O4. The number of anilines is 1. The molecule has 2 aromatic heterocycles. The van der Waals surface area contributed by atoms with Crippen LogP contribution in [-0.2, 0) is 11.4 Å². The number of halogens is 1. The van der Waals surface area contributed by atoms with Crippen molar-refractivity contribution in [2.45, 2.75) is 6.61 Å². The van der Waals surface area contributed by atoms with E-state index in [0.29, 0.717) is 22.2 Å². The van der Waals surface area contributed by atoms with E-state index in [0.717, 1.165) is 0 Å². The molecular weight excluding hydrogens is 417 g/mol. The molecule has 162 valence electrons. The zero-order valence-corrected chi connectivity index (χ0v) is 16.7. The van der Waals surface area contributed by atoms with E-state index in [4.69, 9.17) is 15.6 Å². The molecule has 2 heterocycles. The van der Waals surface area contributed by atoms with Crippen LogP contribution in [-0.4, -0.2) is 38.3 Å². The molecule has 0 saturated heterocycles. The molecule has 0 aliphatic carbocycles. The van der Waals surface area contributed by atoms with Crippen molar-refractivity contribution in [3.8, 4) is 11.4 Å². The number of nitrogens with two attached hydrogens (primary N) is 1. The third-order valence-electron chi connectivity index (χ3n) is 4.65. The van der Waals surface area contributed by atoms with Crippen LogP contribution in [0.5, 0.6) is 5.75 Å². The number of aromatic nitrogens is 3. The van der Waals surface area contributed by atoms with E-state index in [1.807, 2.05) is 0 Å². The van der Waals surface area contributed by atoms with Crippen LogP contribution in [0.1, 0.15) is 15.9 Å². The van der Waals surface area contributed by atoms with Crippen LogP contribution in [0.15, 0.2) is 60.9 Å². The van der Waals surface area contributed by atoms with Crippen molar-refractivity contribution in [3.63, 3.8) is 0 Å². The molecule has 0 radical (unpaired) electrons. The standard InChI is InChI=1S/C22H18FN5O4/c23-16-3-4-17-14(9-16)10-19(21(24)27-17)32-12-15-8-13(22(31)25-11-20(29)30)2-5-18(15)28-7-1-6-26-28/h1-10H,11-12H2,(H2,24,27)(H,25,31)(H,29,30). The summed E-state index contributed by atoms with van der Waals surface area (Å²) in [5, 5.41) is 15.8. The molecule has 0 aliphatic rings. The molecule has 0 aliphatic heterocycles. The first kappa shape index (κ1) is 20.8. The summed E-state index contributed by atoms with van der Waals surface area (Å²) in [6.45, 7) is -0.497. The number of aliphatic carboxylic acids is 1. The lowest BCUT2D eigenvalue weighted by atomic mass is 10.1. The Kier molecular flexibility index (Phi) is 5.67. The minimum absolute atomic E-state index is 0.00193. The van der Waals surface area contributed by atoms with Gasteiger partial charge in [0, 0.05) is 28.9 Å². The molecule has 4 rings (SSSR count). The Labute approximate surface area is 181 Å². The number of benzene rings is 2. The topological polar surface area (TPSA) is 132 Å². The first-order valence-electron chi connectivity index (χ1n) is 9.52. The van der Waals surface area contributed by atoms with Crippen LogP contribution in [0.4, 0.5) is 10.2 Å². The lowest BCUT2D eigenvalue weighted by molar-refractivity contribution is -0.135. The van der Waals surface area contributed by atoms with Crippen molar-refractivity contribution in [1.29, 1.82) is 0 Å². The number of hydrogen-bond acceptors (Lipinski definition) is 6. The molecule has 32 heavy (non-hydrogen) atoms. The molecule has 0 atom stereocenters. The fraction of sp³-hybridized carbons (Fsp3) is 0.0909. The summed E-state index contributed by atoms with van der Waals surface area (Å²) >= 11 is 0. The highest BCUT2D eigenvalue weighted by atomic mass is 19.1. The summed E-state index contributed by atoms with van der Waals surface area (Å²) < 4.78 is 21.1. The Balaban J connectivity index is 1.64. The Hall–Kier alpha value is -4.47. The van der Waals surface area contributed by atoms with Crippen molar-refractivity contribution >= 4 is 28.6 Å². The Morgan fingerprint density at radius 1 is 1.19 bits per heavy atom. The summed E-state index contributed by atoms with van der Waals surface area (Å²) in [6.07, 6.45) is 3.34. The Morgan fingerprint density at radius 3 is 2.78 bits per heavy atom. The minimum Gasteiger partial charge on any atom is -0.485 e. The second-order valence-corrected chi connectivity index (χ2v) is 6.87. The van der Waals surface area contributed by atoms with Crippen LogP contribution in [0.2, 0.25) is 0 Å². The molecule has 2 aromatic carbocycles. The number of rotatable bonds is 7. The average Bonchev–Trinajstić information content (AvgIpc) is 3.30. The van der Waals surface area contributed by atoms with Crippen molar-refractivity contribution < 1.29 is 23.8 Å². The average molecular weight is 435 g/mol. The molecule has 4 aromatic rings. The second kappa shape index (κ2) is 8.72. The number of carbonyl (C=O) groups is 2. The van der Waals surface area contributed by atoms with E-state index in [1.54, 1.807) is 47.4 Å². The molecule has 0 spiro atoms. The van der Waals surface area contributed by atoms with Gasteiger partial charge in [-0.2, -0.15) is 5.10 Å². The maximum atomic E-state index is 13.6. The fourth-order valence-electron chi connectivity index (χ4n) is 3.15. The van der Waals surface area contributed by atoms with E-state index in [-0.39, 0.29) is 23.7 Å². The predicted molar refractivity (Wildman–Crippen MR) is 114 cm³/mol. The number of nitrogens with zero attached hydrogens (tertiary/aromatic N) is 3. The maximum Gasteiger partial charge on any atom is 0.322 e. The van der Waals surface area contributed by atoms with E-state index in [9.17, 15) is 14.0 Å². The first-order valence-corrected chi connectivity index (χ1v) is 9.52. The molecule has 0 unspecified atom stereocenters. The highest BCUT2D eigenvalue weighted by Gasteiger charge is 2.14. The number of carboxylic acids is 1. The van der Waals surface area contributed by atoms with Crippen molar-refractivity contribution in [2.75, 3.05) is 12.3 Å². The van der Waals surface area contributed by atoms with Gasteiger partial charge in [0.05, 0.1) is 11.2 Å². The number of pyridine rings is 1. The third kappa shape index (κ3) is 4.48. The monoisotopic (exact) mass is 435 g/mol. The largest absolute Gasteiger partial charge is 0.485 e. The fourth-order valence-corrected chi connectivity index (χ4v) is 3.15. The summed E-state index contributed by atoms with van der Waals surface area (Å²) in [5.41, 5.74) is 8.04. The zero-order valence-electron chi connectivity index (χ0n) is 16.7. The summed E-state index contributed by atoms with van der Waals surface area (Å²) in [7, 11) is 0. The van der Waals surface area contributed by atoms with Crippen molar-refractivity contribution in [2.24, 2.45) is 0 Å². The van der Waals surface area contributed by atoms with E-state index in [2.05, 4.69) is 15.4 Å². The smallest absolute Gasteiger partial charge is 0.322 e. The summed E-state index contributed by atoms with van der Waals surface area (Å²) in [6, 6.07) is 12.3. The van der Waals surface area contributed by atoms with E-state index < -0.39 is 24.2 Å². The molecule has 0 saturated carbocycles. The van der Waals surface area contributed by atoms with Crippen molar-refractivity contribution in [1.82, 2.24) is 20.1 Å². The highest BCUT2D eigenvalue weighted by molar-refractivity contribution is 5.96. The molecule has 4 N–H and O–H groups in total. The van der Waals surface area contributed by atoms with E-state index >= 15 is 0 Å². The molecule has 9 nitrogen and oxygen atoms in total. The van der Waals surface area contributed by atoms with Crippen LogP contribution in [0.25, 0.3) is 16.6 Å². The maximum absolute atomic E-state index is 13.6. The predicted octanol–water partition coefficient (Wildman–Crippen LogP) is 2.54. The number of nitrogen functional groups attached to an aromatic ring is 1. The number of amides is 1. The Morgan fingerprint density at radius 2 is 2.03 bits per heavy atom. The number of hydrogen-bond donors (Lipinski definition) is 3. The summed E-state index contributed by atoms with van der Waals surface area (Å²) in [5.74, 6) is -1.69. The minimum atomic E-state index is -1.15. The van der Waals surface area contributed by atoms with Gasteiger partial charge in [-0.05, 0) is 48.5 Å². The van der Waals surface area contributed by atoms with Crippen LogP contribution < -0.4 is 15.8 Å². The van der Waals surface area contributed by atoms with Gasteiger partial charge in [0.15, 0.2) is 11.6 Å². The number of fused-ring (bicyclic) bond motifs is 1. The van der Waals surface area contributed by atoms with Crippen LogP contribution in [0.3, 0.4) is 0 Å². The second-order valence-electron chi connectivity index (χ2n) is 6.87. The van der Waals surface area contributed by atoms with Crippen LogP contribution >= 0.6 is 0 Å². The molecule has 1 amide bonds. The molecule has 10 heteroatoms. The molecule has 0 bridgehead atoms. The van der Waals surface area contributed by atoms with E-state index in [1.165, 1.54) is 18.2 Å². The zero-order chi connectivity index (χ0) is 22.7. The van der Waals surface area contributed by atoms with Gasteiger partial charge in [0.2, 0.25) is 0 Å². The third-order valence-corrected chi connectivity index (χ3v) is 4.65. The lowest BCUT2D eigenvalue weighted by Crippen LogP contribution is -2.29. The number of ether oxygens (including phenoxy) is 1. The van der Waals surface area contributed by atoms with Gasteiger partial charge in [-0.3, -0.25) is 9.59 Å². The number of carbonyl (C=O) groups excluding carboxylic acids is 1. The Bertz CT molecular complexity index is 1310. The van der Waals surface area contributed by atoms with Crippen LogP contribution in [0, 0.1) is 5.82 Å². The molecule has 0 fully saturated rings. The first-order chi connectivity index (χ1) is 15.4. The van der Waals surface area contributed by atoms with Gasteiger partial charge in [-0.25, -0.2) is 14.1 Å². The van der Waals surface area contributed by atoms with Gasteiger partial charge in [-0.15, -0.1) is 0 Å². The van der Waals surface area contributed by atoms with Gasteiger partial charge in [0.1, 0.15) is 19.0 Å². The van der Waals surface area contributed by atoms with Gasteiger partial charge >= 0.3 is 5.97 Å². The number of nitrogens with one attached hydrogen (secondary N) is 1. The lowest BCUT2D eigenvalue weighted by Gasteiger charge is -2.14. The highest BCUT2D eigenvalue weighted by Crippen LogP contribution is 2.27. The SMILES string of the molecule is Nc1nc2ccc(F)cc2cc1OCc1cc(C(=O)NCC(=O)O)ccc1-n1cccn1. The quantitative estimate of drug-likeness (QED) is 0.406. The number of carboxylic acid groups (broad SMARTS) is 1. The van der Waals surface area contributed by atoms with Gasteiger partial charge in [0.25, 0.3) is 5.91 Å². The summed E-state index contributed by atoms with van der Waals surface area (Å²) in [4.78, 5) is 27.3. The van der Waals surface area contributed by atoms with Gasteiger partial charge in [-0.1, -0.05) is 0 Å². The van der Waals surface area contributed by atoms with Gasteiger partial charge < -0.3 is 20.9 Å².